The Kier molecular flexibility index (Phi) is 2.29. The largest absolute Gasteiger partial charge is 0.383 e. The van der Waals surface area contributed by atoms with Crippen LogP contribution in [0, 0.1) is 24.3 Å². The summed E-state index contributed by atoms with van der Waals surface area (Å²) >= 11 is 2.37. The molecule has 14 heavy (non-hydrogen) atoms. The summed E-state index contributed by atoms with van der Waals surface area (Å²) in [5.41, 5.74) is 12.4. The summed E-state index contributed by atoms with van der Waals surface area (Å²) in [4.78, 5) is 4.30. The first-order chi connectivity index (χ1) is 6.54. The van der Waals surface area contributed by atoms with Gasteiger partial charge >= 0.3 is 0 Å². The zero-order valence-corrected chi connectivity index (χ0v) is 10.8. The highest BCUT2D eigenvalue weighted by molar-refractivity contribution is 14.1. The average Bonchev–Trinajstić information content (AvgIpc) is 2.54. The van der Waals surface area contributed by atoms with Gasteiger partial charge in [0.2, 0.25) is 0 Å². The molecule has 0 spiro atoms. The summed E-state index contributed by atoms with van der Waals surface area (Å²) in [6, 6.07) is 0. The zero-order valence-electron chi connectivity index (χ0n) is 8.61. The van der Waals surface area contributed by atoms with Gasteiger partial charge in [-0.05, 0) is 65.6 Å². The molecule has 0 bridgehead atoms. The normalized spacial score (nSPS) is 14.1. The van der Waals surface area contributed by atoms with E-state index >= 15 is 0 Å². The fourth-order valence-corrected chi connectivity index (χ4v) is 2.89. The Morgan fingerprint density at radius 3 is 2.43 bits per heavy atom. The third-order valence-electron chi connectivity index (χ3n) is 3.09. The summed E-state index contributed by atoms with van der Waals surface area (Å²) in [5, 5.41) is 0. The third-order valence-corrected chi connectivity index (χ3v) is 4.44. The first-order valence-corrected chi connectivity index (χ1v) is 5.70. The molecule has 0 atom stereocenters. The second kappa shape index (κ2) is 3.22. The van der Waals surface area contributed by atoms with Crippen molar-refractivity contribution in [3.8, 4) is 0 Å². The minimum Gasteiger partial charge on any atom is -0.383 e. The SMILES string of the molecule is Cc1c(C)c(I)c2c(c1C)CN=C2N. The number of halogens is 1. The van der Waals surface area contributed by atoms with Crippen LogP contribution in [0.3, 0.4) is 0 Å². The highest BCUT2D eigenvalue weighted by Gasteiger charge is 2.21. The standard InChI is InChI=1S/C11H13IN2/c1-5-6(2)8-4-14-11(13)9(8)10(12)7(5)3/h4H2,1-3H3,(H2,13,14). The Hall–Kier alpha value is -0.580. The van der Waals surface area contributed by atoms with Crippen LogP contribution in [-0.4, -0.2) is 5.84 Å². The van der Waals surface area contributed by atoms with Crippen LogP contribution in [0.15, 0.2) is 4.99 Å². The number of nitrogens with two attached hydrogens (primary N) is 1. The van der Waals surface area contributed by atoms with Gasteiger partial charge in [0.05, 0.1) is 6.54 Å². The van der Waals surface area contributed by atoms with Crippen LogP contribution in [0.5, 0.6) is 0 Å². The Bertz CT molecular complexity index is 447. The van der Waals surface area contributed by atoms with E-state index in [2.05, 4.69) is 48.4 Å². The lowest BCUT2D eigenvalue weighted by Crippen LogP contribution is -2.14. The molecule has 1 aromatic carbocycles. The van der Waals surface area contributed by atoms with Gasteiger partial charge in [-0.15, -0.1) is 0 Å². The van der Waals surface area contributed by atoms with Crippen LogP contribution in [0.4, 0.5) is 0 Å². The average molecular weight is 300 g/mol. The molecule has 0 saturated carbocycles. The van der Waals surface area contributed by atoms with Gasteiger partial charge in [-0.25, -0.2) is 0 Å². The van der Waals surface area contributed by atoms with E-state index in [4.69, 9.17) is 5.73 Å². The predicted octanol–water partition coefficient (Wildman–Crippen LogP) is 2.44. The zero-order chi connectivity index (χ0) is 10.5. The van der Waals surface area contributed by atoms with Crippen molar-refractivity contribution in [2.24, 2.45) is 10.7 Å². The highest BCUT2D eigenvalue weighted by Crippen LogP contribution is 2.31. The molecule has 0 fully saturated rings. The van der Waals surface area contributed by atoms with E-state index in [0.29, 0.717) is 5.84 Å². The number of nitrogens with zero attached hydrogens (tertiary/aromatic N) is 1. The van der Waals surface area contributed by atoms with E-state index in [1.165, 1.54) is 31.4 Å². The van der Waals surface area contributed by atoms with Gasteiger partial charge in [0.1, 0.15) is 5.84 Å². The summed E-state index contributed by atoms with van der Waals surface area (Å²) in [6.07, 6.45) is 0. The fraction of sp³-hybridized carbons (Fsp3) is 0.364. The summed E-state index contributed by atoms with van der Waals surface area (Å²) in [6.45, 7) is 7.23. The van der Waals surface area contributed by atoms with Crippen LogP contribution < -0.4 is 5.73 Å². The van der Waals surface area contributed by atoms with Crippen molar-refractivity contribution < 1.29 is 0 Å². The molecular weight excluding hydrogens is 287 g/mol. The van der Waals surface area contributed by atoms with Crippen LogP contribution in [0.2, 0.25) is 0 Å². The Morgan fingerprint density at radius 2 is 1.79 bits per heavy atom. The van der Waals surface area contributed by atoms with E-state index in [-0.39, 0.29) is 0 Å². The Balaban J connectivity index is 2.83. The van der Waals surface area contributed by atoms with Gasteiger partial charge in [0.25, 0.3) is 0 Å². The maximum Gasteiger partial charge on any atom is 0.127 e. The smallest absolute Gasteiger partial charge is 0.127 e. The maximum atomic E-state index is 5.88. The highest BCUT2D eigenvalue weighted by atomic mass is 127. The topological polar surface area (TPSA) is 38.4 Å². The van der Waals surface area contributed by atoms with Crippen molar-refractivity contribution in [1.82, 2.24) is 0 Å². The summed E-state index contributed by atoms with van der Waals surface area (Å²) in [5.74, 6) is 0.704. The van der Waals surface area contributed by atoms with Crippen molar-refractivity contribution >= 4 is 28.4 Å². The lowest BCUT2D eigenvalue weighted by Gasteiger charge is -2.14. The minimum atomic E-state index is 0.704. The number of rotatable bonds is 0. The van der Waals surface area contributed by atoms with Crippen molar-refractivity contribution in [3.05, 3.63) is 31.4 Å². The van der Waals surface area contributed by atoms with Crippen molar-refractivity contribution in [3.63, 3.8) is 0 Å². The quantitative estimate of drug-likeness (QED) is 0.734. The van der Waals surface area contributed by atoms with Gasteiger partial charge in [0.15, 0.2) is 0 Å². The van der Waals surface area contributed by atoms with Crippen LogP contribution in [0.1, 0.15) is 27.8 Å². The number of benzene rings is 1. The molecule has 0 radical (unpaired) electrons. The van der Waals surface area contributed by atoms with Crippen molar-refractivity contribution in [1.29, 1.82) is 0 Å². The van der Waals surface area contributed by atoms with Gasteiger partial charge in [-0.2, -0.15) is 0 Å². The molecule has 0 aliphatic carbocycles. The Labute approximate surface area is 97.7 Å². The predicted molar refractivity (Wildman–Crippen MR) is 67.8 cm³/mol. The van der Waals surface area contributed by atoms with E-state index in [0.717, 1.165) is 6.54 Å². The molecule has 74 valence electrons. The molecule has 1 aliphatic heterocycles. The molecule has 2 N–H and O–H groups in total. The van der Waals surface area contributed by atoms with Crippen molar-refractivity contribution in [2.75, 3.05) is 0 Å². The van der Waals surface area contributed by atoms with Crippen LogP contribution in [-0.2, 0) is 6.54 Å². The number of hydrogen-bond acceptors (Lipinski definition) is 2. The molecule has 2 nitrogen and oxygen atoms in total. The van der Waals surface area contributed by atoms with Crippen molar-refractivity contribution in [2.45, 2.75) is 27.3 Å². The molecule has 0 saturated heterocycles. The van der Waals surface area contributed by atoms with Gasteiger partial charge < -0.3 is 5.73 Å². The number of fused-ring (bicyclic) bond motifs is 1. The third kappa shape index (κ3) is 1.18. The number of hydrogen-bond donors (Lipinski definition) is 1. The molecule has 1 aromatic rings. The second-order valence-corrected chi connectivity index (χ2v) is 4.82. The number of aliphatic imine (C=N–C) groups is 1. The summed E-state index contributed by atoms with van der Waals surface area (Å²) in [7, 11) is 0. The molecule has 1 heterocycles. The minimum absolute atomic E-state index is 0.704. The van der Waals surface area contributed by atoms with E-state index in [1.807, 2.05) is 0 Å². The molecule has 0 aromatic heterocycles. The van der Waals surface area contributed by atoms with Gasteiger partial charge in [-0.3, -0.25) is 4.99 Å². The molecule has 3 heteroatoms. The molecular formula is C11H13IN2. The number of amidine groups is 1. The van der Waals surface area contributed by atoms with E-state index in [1.54, 1.807) is 0 Å². The lowest BCUT2D eigenvalue weighted by molar-refractivity contribution is 1.06. The first kappa shape index (κ1) is 9.96. The molecule has 2 rings (SSSR count). The van der Waals surface area contributed by atoms with E-state index in [9.17, 15) is 0 Å². The molecule has 0 amide bonds. The fourth-order valence-electron chi connectivity index (χ4n) is 1.89. The second-order valence-electron chi connectivity index (χ2n) is 3.74. The maximum absolute atomic E-state index is 5.88. The monoisotopic (exact) mass is 300 g/mol. The van der Waals surface area contributed by atoms with E-state index < -0.39 is 0 Å². The summed E-state index contributed by atoms with van der Waals surface area (Å²) < 4.78 is 1.26. The first-order valence-electron chi connectivity index (χ1n) is 4.62. The lowest BCUT2D eigenvalue weighted by atomic mass is 9.95. The molecule has 0 unspecified atom stereocenters. The van der Waals surface area contributed by atoms with Gasteiger partial charge in [-0.1, -0.05) is 0 Å². The molecule has 1 aliphatic rings. The van der Waals surface area contributed by atoms with Gasteiger partial charge in [0, 0.05) is 9.13 Å². The van der Waals surface area contributed by atoms with Crippen LogP contribution in [0.25, 0.3) is 0 Å². The van der Waals surface area contributed by atoms with Crippen LogP contribution >= 0.6 is 22.6 Å². The Morgan fingerprint density at radius 1 is 1.14 bits per heavy atom.